The second-order valence-electron chi connectivity index (χ2n) is 4.58. The van der Waals surface area contributed by atoms with Crippen LogP contribution in [0.15, 0.2) is 37.0 Å². The van der Waals surface area contributed by atoms with Gasteiger partial charge in [-0.15, -0.1) is 6.58 Å². The molecule has 0 spiro atoms. The summed E-state index contributed by atoms with van der Waals surface area (Å²) in [6.45, 7) is 8.73. The summed E-state index contributed by atoms with van der Waals surface area (Å²) in [6, 6.07) is 0. The van der Waals surface area contributed by atoms with Gasteiger partial charge < -0.3 is 5.11 Å². The van der Waals surface area contributed by atoms with Crippen molar-refractivity contribution >= 4 is 5.78 Å². The van der Waals surface area contributed by atoms with Crippen LogP contribution in [0.5, 0.6) is 0 Å². The minimum Gasteiger partial charge on any atom is -0.390 e. The molecule has 0 aliphatic rings. The molecule has 2 heteroatoms. The Morgan fingerprint density at radius 2 is 2.06 bits per heavy atom. The first-order chi connectivity index (χ1) is 7.37. The molecule has 0 amide bonds. The van der Waals surface area contributed by atoms with Crippen LogP contribution in [0.1, 0.15) is 33.6 Å². The maximum absolute atomic E-state index is 11.6. The Bertz CT molecular complexity index is 280. The fourth-order valence-electron chi connectivity index (χ4n) is 1.18. The van der Waals surface area contributed by atoms with E-state index >= 15 is 0 Å². The topological polar surface area (TPSA) is 37.3 Å². The van der Waals surface area contributed by atoms with Gasteiger partial charge in [-0.3, -0.25) is 4.79 Å². The van der Waals surface area contributed by atoms with Crippen LogP contribution in [0.3, 0.4) is 0 Å². The Morgan fingerprint density at radius 3 is 2.56 bits per heavy atom. The maximum atomic E-state index is 11.6. The number of hydrogen-bond acceptors (Lipinski definition) is 2. The molecule has 0 aromatic rings. The molecule has 2 nitrogen and oxygen atoms in total. The van der Waals surface area contributed by atoms with Crippen LogP contribution in [0.4, 0.5) is 0 Å². The lowest BCUT2D eigenvalue weighted by molar-refractivity contribution is -0.124. The van der Waals surface area contributed by atoms with Gasteiger partial charge in [-0.2, -0.15) is 0 Å². The first kappa shape index (κ1) is 14.8. The summed E-state index contributed by atoms with van der Waals surface area (Å²) in [5.41, 5.74) is -0.919. The van der Waals surface area contributed by atoms with E-state index in [-0.39, 0.29) is 18.1 Å². The molecular formula is C14H22O2. The molecule has 16 heavy (non-hydrogen) atoms. The first-order valence-corrected chi connectivity index (χ1v) is 5.56. The van der Waals surface area contributed by atoms with Gasteiger partial charge in [0.25, 0.3) is 0 Å². The van der Waals surface area contributed by atoms with Crippen LogP contribution in [0, 0.1) is 5.92 Å². The van der Waals surface area contributed by atoms with Gasteiger partial charge in [0.2, 0.25) is 0 Å². The summed E-state index contributed by atoms with van der Waals surface area (Å²) in [7, 11) is 0. The highest BCUT2D eigenvalue weighted by atomic mass is 16.3. The standard InChI is InChI=1S/C14H22O2/c1-5-6-7-8-9-10-12(2)13(15)11-14(3,4)16/h5,7-10,12,16H,1,6,11H2,2-4H3/b8-7-,10-9-. The molecule has 1 unspecified atom stereocenters. The zero-order valence-electron chi connectivity index (χ0n) is 10.4. The van der Waals surface area contributed by atoms with Crippen molar-refractivity contribution in [3.63, 3.8) is 0 Å². The molecule has 0 aromatic heterocycles. The molecule has 0 rings (SSSR count). The van der Waals surface area contributed by atoms with Gasteiger partial charge in [0, 0.05) is 12.3 Å². The quantitative estimate of drug-likeness (QED) is 0.531. The van der Waals surface area contributed by atoms with E-state index in [1.165, 1.54) is 0 Å². The van der Waals surface area contributed by atoms with Crippen LogP contribution >= 0.6 is 0 Å². The Hall–Kier alpha value is -1.15. The van der Waals surface area contributed by atoms with Crippen LogP contribution in [0.2, 0.25) is 0 Å². The van der Waals surface area contributed by atoms with E-state index in [2.05, 4.69) is 6.58 Å². The van der Waals surface area contributed by atoms with E-state index in [1.807, 2.05) is 37.3 Å². The summed E-state index contributed by atoms with van der Waals surface area (Å²) in [5, 5.41) is 9.51. The van der Waals surface area contributed by atoms with Gasteiger partial charge in [-0.25, -0.2) is 0 Å². The number of allylic oxidation sites excluding steroid dienone is 5. The van der Waals surface area contributed by atoms with E-state index in [1.54, 1.807) is 13.8 Å². The summed E-state index contributed by atoms with van der Waals surface area (Å²) in [6.07, 6.45) is 10.4. The van der Waals surface area contributed by atoms with E-state index in [9.17, 15) is 9.90 Å². The lowest BCUT2D eigenvalue weighted by atomic mass is 9.94. The first-order valence-electron chi connectivity index (χ1n) is 5.56. The number of carbonyl (C=O) groups is 1. The Morgan fingerprint density at radius 1 is 1.44 bits per heavy atom. The third kappa shape index (κ3) is 8.18. The maximum Gasteiger partial charge on any atom is 0.142 e. The van der Waals surface area contributed by atoms with Gasteiger partial charge in [-0.05, 0) is 20.3 Å². The average Bonchev–Trinajstić information content (AvgIpc) is 2.14. The van der Waals surface area contributed by atoms with E-state index in [4.69, 9.17) is 0 Å². The minimum absolute atomic E-state index is 0.0564. The van der Waals surface area contributed by atoms with Crippen molar-refractivity contribution in [2.24, 2.45) is 5.92 Å². The monoisotopic (exact) mass is 222 g/mol. The molecule has 0 aliphatic carbocycles. The Kier molecular flexibility index (Phi) is 6.66. The van der Waals surface area contributed by atoms with Gasteiger partial charge in [0.1, 0.15) is 5.78 Å². The molecule has 0 aromatic carbocycles. The van der Waals surface area contributed by atoms with Crippen LogP contribution < -0.4 is 0 Å². The number of carbonyl (C=O) groups excluding carboxylic acids is 1. The third-order valence-corrected chi connectivity index (χ3v) is 2.06. The summed E-state index contributed by atoms with van der Waals surface area (Å²) >= 11 is 0. The highest BCUT2D eigenvalue weighted by molar-refractivity contribution is 5.83. The van der Waals surface area contributed by atoms with Crippen LogP contribution in [-0.2, 0) is 4.79 Å². The van der Waals surface area contributed by atoms with E-state index in [0.29, 0.717) is 0 Å². The molecule has 0 heterocycles. The summed E-state index contributed by atoms with van der Waals surface area (Å²) < 4.78 is 0. The SMILES string of the molecule is C=CC/C=C\C=C/C(C)C(=O)CC(C)(C)O. The Balaban J connectivity index is 4.10. The largest absolute Gasteiger partial charge is 0.390 e. The fourth-order valence-corrected chi connectivity index (χ4v) is 1.18. The second kappa shape index (κ2) is 7.18. The highest BCUT2D eigenvalue weighted by Crippen LogP contribution is 2.13. The van der Waals surface area contributed by atoms with Crippen molar-refractivity contribution in [2.45, 2.75) is 39.2 Å². The number of Topliss-reactive ketones (excluding diaryl/α,β-unsaturated/α-hetero) is 1. The summed E-state index contributed by atoms with van der Waals surface area (Å²) in [4.78, 5) is 11.6. The van der Waals surface area contributed by atoms with Crippen molar-refractivity contribution < 1.29 is 9.90 Å². The van der Waals surface area contributed by atoms with Crippen molar-refractivity contribution in [3.8, 4) is 0 Å². The molecule has 0 saturated carbocycles. The van der Waals surface area contributed by atoms with Crippen LogP contribution in [-0.4, -0.2) is 16.5 Å². The fraction of sp³-hybridized carbons (Fsp3) is 0.500. The number of aliphatic hydroxyl groups is 1. The minimum atomic E-state index is -0.919. The van der Waals surface area contributed by atoms with Crippen molar-refractivity contribution in [1.29, 1.82) is 0 Å². The molecular weight excluding hydrogens is 200 g/mol. The van der Waals surface area contributed by atoms with Gasteiger partial charge in [-0.1, -0.05) is 37.3 Å². The summed E-state index contributed by atoms with van der Waals surface area (Å²) in [5.74, 6) is -0.0966. The smallest absolute Gasteiger partial charge is 0.142 e. The van der Waals surface area contributed by atoms with Crippen molar-refractivity contribution in [3.05, 3.63) is 37.0 Å². The van der Waals surface area contributed by atoms with Gasteiger partial charge in [0.15, 0.2) is 0 Å². The zero-order chi connectivity index (χ0) is 12.6. The molecule has 0 radical (unpaired) electrons. The second-order valence-corrected chi connectivity index (χ2v) is 4.58. The molecule has 0 bridgehead atoms. The molecule has 0 saturated heterocycles. The number of ketones is 1. The van der Waals surface area contributed by atoms with Gasteiger partial charge in [0.05, 0.1) is 5.60 Å². The predicted molar refractivity (Wildman–Crippen MR) is 68.2 cm³/mol. The normalized spacial score (nSPS) is 14.5. The van der Waals surface area contributed by atoms with Crippen LogP contribution in [0.25, 0.3) is 0 Å². The molecule has 1 atom stereocenters. The average molecular weight is 222 g/mol. The number of rotatable bonds is 7. The lowest BCUT2D eigenvalue weighted by Crippen LogP contribution is -2.25. The van der Waals surface area contributed by atoms with E-state index < -0.39 is 5.60 Å². The molecule has 0 aliphatic heterocycles. The highest BCUT2D eigenvalue weighted by Gasteiger charge is 2.20. The Labute approximate surface area is 98.4 Å². The molecule has 1 N–H and O–H groups in total. The van der Waals surface area contributed by atoms with Gasteiger partial charge >= 0.3 is 0 Å². The molecule has 0 fully saturated rings. The molecule has 90 valence electrons. The third-order valence-electron chi connectivity index (χ3n) is 2.06. The van der Waals surface area contributed by atoms with E-state index in [0.717, 1.165) is 6.42 Å². The number of hydrogen-bond donors (Lipinski definition) is 1. The zero-order valence-corrected chi connectivity index (χ0v) is 10.4. The predicted octanol–water partition coefficient (Wildman–Crippen LogP) is 3.04. The van der Waals surface area contributed by atoms with Crippen molar-refractivity contribution in [1.82, 2.24) is 0 Å². The lowest BCUT2D eigenvalue weighted by Gasteiger charge is -2.17. The van der Waals surface area contributed by atoms with Crippen molar-refractivity contribution in [2.75, 3.05) is 0 Å².